The predicted octanol–water partition coefficient (Wildman–Crippen LogP) is 1.43. The van der Waals surface area contributed by atoms with E-state index < -0.39 is 50.9 Å². The molecular weight excluding hydrogens is 438 g/mol. The highest BCUT2D eigenvalue weighted by molar-refractivity contribution is 7.92. The first-order valence-electron chi connectivity index (χ1n) is 10.2. The highest BCUT2D eigenvalue weighted by Crippen LogP contribution is 2.36. The van der Waals surface area contributed by atoms with Crippen molar-refractivity contribution < 1.29 is 32.7 Å². The van der Waals surface area contributed by atoms with Crippen LogP contribution in [-0.2, 0) is 30.8 Å². The van der Waals surface area contributed by atoms with E-state index in [2.05, 4.69) is 5.32 Å². The molecule has 1 amide bonds. The van der Waals surface area contributed by atoms with Gasteiger partial charge in [-0.3, -0.25) is 4.79 Å². The first-order chi connectivity index (χ1) is 14.9. The molecule has 2 fully saturated rings. The molecule has 1 heterocycles. The Bertz CT molecular complexity index is 1040. The summed E-state index contributed by atoms with van der Waals surface area (Å²) in [6, 6.07) is 6.99. The fourth-order valence-corrected chi connectivity index (χ4v) is 5.40. The topological polar surface area (TPSA) is 146 Å². The average molecular weight is 466 g/mol. The summed E-state index contributed by atoms with van der Waals surface area (Å²) < 4.78 is 31.7. The molecule has 0 bridgehead atoms. The number of hydrogen-bond donors (Lipinski definition) is 2. The van der Waals surface area contributed by atoms with E-state index in [4.69, 9.17) is 9.57 Å². The van der Waals surface area contributed by atoms with Gasteiger partial charge in [-0.1, -0.05) is 18.2 Å². The molecule has 0 aromatic heterocycles. The Labute approximate surface area is 187 Å². The van der Waals surface area contributed by atoms with Crippen LogP contribution in [0.5, 0.6) is 0 Å². The van der Waals surface area contributed by atoms with Gasteiger partial charge in [-0.2, -0.15) is 5.26 Å². The van der Waals surface area contributed by atoms with Gasteiger partial charge in [-0.15, -0.1) is 5.06 Å². The highest BCUT2D eigenvalue weighted by atomic mass is 32.2. The molecule has 1 aliphatic carbocycles. The fourth-order valence-electron chi connectivity index (χ4n) is 3.50. The minimum atomic E-state index is -3.96. The molecule has 0 spiro atoms. The van der Waals surface area contributed by atoms with E-state index in [1.54, 1.807) is 32.9 Å². The second kappa shape index (κ2) is 8.69. The Hall–Kier alpha value is -2.68. The van der Waals surface area contributed by atoms with Crippen LogP contribution in [-0.4, -0.2) is 59.6 Å². The number of carbonyl (C=O) groups is 2. The van der Waals surface area contributed by atoms with Crippen molar-refractivity contribution in [2.45, 2.75) is 74.0 Å². The first-order valence-corrected chi connectivity index (χ1v) is 11.8. The molecule has 10 nitrogen and oxygen atoms in total. The number of rotatable bonds is 6. The number of carbonyl (C=O) groups excluding carboxylic acids is 2. The van der Waals surface area contributed by atoms with Crippen LogP contribution in [0.3, 0.4) is 0 Å². The summed E-state index contributed by atoms with van der Waals surface area (Å²) >= 11 is 0. The Balaban J connectivity index is 1.86. The van der Waals surface area contributed by atoms with Crippen LogP contribution >= 0.6 is 0 Å². The van der Waals surface area contributed by atoms with Crippen LogP contribution in [0.1, 0.15) is 45.6 Å². The van der Waals surface area contributed by atoms with Crippen LogP contribution in [0.15, 0.2) is 29.2 Å². The number of amides is 1. The smallest absolute Gasteiger partial charge is 0.427 e. The zero-order valence-corrected chi connectivity index (χ0v) is 19.0. The second-order valence-corrected chi connectivity index (χ2v) is 11.2. The lowest BCUT2D eigenvalue weighted by Crippen LogP contribution is -2.48. The SMILES string of the molecule is CC(C)(C)OC(=O)ON1C[C@H](S(=O)(=O)c2ccccc2CO)C[C@H]1C(=O)NC1(C#N)CC1. The molecule has 11 heteroatoms. The van der Waals surface area contributed by atoms with Gasteiger partial charge in [0.1, 0.15) is 17.2 Å². The van der Waals surface area contributed by atoms with Crippen LogP contribution in [0.2, 0.25) is 0 Å². The molecule has 32 heavy (non-hydrogen) atoms. The van der Waals surface area contributed by atoms with Crippen molar-refractivity contribution in [2.24, 2.45) is 0 Å². The van der Waals surface area contributed by atoms with E-state index >= 15 is 0 Å². The summed E-state index contributed by atoms with van der Waals surface area (Å²) in [5, 5.41) is 21.4. The van der Waals surface area contributed by atoms with Crippen molar-refractivity contribution >= 4 is 21.9 Å². The molecule has 0 unspecified atom stereocenters. The van der Waals surface area contributed by atoms with Crippen LogP contribution in [0.4, 0.5) is 4.79 Å². The fraction of sp³-hybridized carbons (Fsp3) is 0.571. The summed E-state index contributed by atoms with van der Waals surface area (Å²) in [4.78, 5) is 30.3. The number of ether oxygens (including phenoxy) is 1. The molecule has 3 rings (SSSR count). The quantitative estimate of drug-likeness (QED) is 0.596. The van der Waals surface area contributed by atoms with Gasteiger partial charge in [0.15, 0.2) is 9.84 Å². The lowest BCUT2D eigenvalue weighted by molar-refractivity contribution is -0.162. The third-order valence-electron chi connectivity index (χ3n) is 5.32. The molecule has 0 radical (unpaired) electrons. The number of hydroxylamine groups is 2. The van der Waals surface area contributed by atoms with Crippen molar-refractivity contribution in [1.82, 2.24) is 10.4 Å². The summed E-state index contributed by atoms with van der Waals surface area (Å²) in [6.07, 6.45) is -0.218. The number of aliphatic hydroxyl groups is 1. The van der Waals surface area contributed by atoms with Crippen molar-refractivity contribution in [3.05, 3.63) is 29.8 Å². The highest BCUT2D eigenvalue weighted by Gasteiger charge is 2.50. The van der Waals surface area contributed by atoms with Crippen molar-refractivity contribution in [2.75, 3.05) is 6.54 Å². The first kappa shape index (κ1) is 24.0. The van der Waals surface area contributed by atoms with Gasteiger partial charge in [0.25, 0.3) is 0 Å². The summed E-state index contributed by atoms with van der Waals surface area (Å²) in [6.45, 7) is 4.20. The zero-order valence-electron chi connectivity index (χ0n) is 18.2. The monoisotopic (exact) mass is 465 g/mol. The summed E-state index contributed by atoms with van der Waals surface area (Å²) in [5.41, 5.74) is -1.57. The average Bonchev–Trinajstić information content (AvgIpc) is 3.35. The molecule has 1 aliphatic heterocycles. The molecule has 1 aromatic carbocycles. The van der Waals surface area contributed by atoms with Crippen molar-refractivity contribution in [1.29, 1.82) is 5.26 Å². The van der Waals surface area contributed by atoms with Crippen LogP contribution < -0.4 is 5.32 Å². The van der Waals surface area contributed by atoms with Gasteiger partial charge >= 0.3 is 6.16 Å². The lowest BCUT2D eigenvalue weighted by Gasteiger charge is -2.25. The number of nitriles is 1. The molecule has 2 aliphatic rings. The molecule has 1 saturated heterocycles. The van der Waals surface area contributed by atoms with E-state index in [0.717, 1.165) is 5.06 Å². The maximum Gasteiger partial charge on any atom is 0.528 e. The van der Waals surface area contributed by atoms with E-state index in [1.165, 1.54) is 12.1 Å². The Kier molecular flexibility index (Phi) is 6.51. The minimum Gasteiger partial charge on any atom is -0.427 e. The van der Waals surface area contributed by atoms with E-state index in [0.29, 0.717) is 12.8 Å². The second-order valence-electron chi connectivity index (χ2n) is 9.02. The van der Waals surface area contributed by atoms with Gasteiger partial charge in [0.05, 0.1) is 29.4 Å². The summed E-state index contributed by atoms with van der Waals surface area (Å²) in [5.74, 6) is -0.597. The number of aliphatic hydroxyl groups excluding tert-OH is 1. The van der Waals surface area contributed by atoms with Gasteiger partial charge in [0, 0.05) is 0 Å². The van der Waals surface area contributed by atoms with Gasteiger partial charge in [-0.05, 0) is 51.7 Å². The van der Waals surface area contributed by atoms with Crippen LogP contribution in [0, 0.1) is 11.3 Å². The van der Waals surface area contributed by atoms with Crippen molar-refractivity contribution in [3.63, 3.8) is 0 Å². The molecule has 2 N–H and O–H groups in total. The lowest BCUT2D eigenvalue weighted by atomic mass is 10.2. The number of nitrogens with one attached hydrogen (secondary N) is 1. The Morgan fingerprint density at radius 1 is 1.31 bits per heavy atom. The third-order valence-corrected chi connectivity index (χ3v) is 7.55. The van der Waals surface area contributed by atoms with E-state index in [9.17, 15) is 28.4 Å². The van der Waals surface area contributed by atoms with Gasteiger partial charge in [-0.25, -0.2) is 13.2 Å². The third kappa shape index (κ3) is 5.20. The predicted molar refractivity (Wildman–Crippen MR) is 111 cm³/mol. The van der Waals surface area contributed by atoms with Crippen molar-refractivity contribution in [3.8, 4) is 6.07 Å². The van der Waals surface area contributed by atoms with Gasteiger partial charge in [0.2, 0.25) is 5.91 Å². The van der Waals surface area contributed by atoms with E-state index in [-0.39, 0.29) is 23.4 Å². The normalized spacial score (nSPS) is 22.6. The molecular formula is C21H27N3O7S. The zero-order chi connectivity index (χ0) is 23.7. The maximum atomic E-state index is 13.3. The number of hydrogen-bond acceptors (Lipinski definition) is 9. The Morgan fingerprint density at radius 2 is 1.97 bits per heavy atom. The Morgan fingerprint density at radius 3 is 2.53 bits per heavy atom. The molecule has 174 valence electrons. The largest absolute Gasteiger partial charge is 0.528 e. The van der Waals surface area contributed by atoms with Gasteiger partial charge < -0.3 is 20.0 Å². The number of sulfone groups is 1. The number of benzene rings is 1. The maximum absolute atomic E-state index is 13.3. The summed E-state index contributed by atoms with van der Waals surface area (Å²) in [7, 11) is -3.96. The molecule has 1 aromatic rings. The molecule has 1 saturated carbocycles. The van der Waals surface area contributed by atoms with E-state index in [1.807, 2.05) is 6.07 Å². The molecule has 2 atom stereocenters. The van der Waals surface area contributed by atoms with Crippen LogP contribution in [0.25, 0.3) is 0 Å². The standard InChI is InChI=1S/C21H27N3O7S/c1-20(2,3)30-19(27)31-24-11-15(10-16(24)18(26)23-21(13-22)8-9-21)32(28,29)17-7-5-4-6-14(17)12-25/h4-7,15-16,25H,8-12H2,1-3H3,(H,23,26)/t15-,16+/m1/s1. The number of nitrogens with zero attached hydrogens (tertiary/aromatic N) is 2. The minimum absolute atomic E-state index is 0.0403.